The zero-order valence-electron chi connectivity index (χ0n) is 19.5. The van der Waals surface area contributed by atoms with Crippen LogP contribution in [0.25, 0.3) is 0 Å². The maximum atomic E-state index is 6.12. The standard InChI is InChI=1S/C27H30ClN5S/c1-19-16-24(33-15-12-20-6-2-3-7-21(20)17-33)31-25(30-19)32-26(34)29-18-27(13-4-5-14-27)22-8-10-23(28)11-9-22/h2-3,6-11,16H,4-5,12-15,17-18H2,1H3,(H2,29,30,31,32,34). The highest BCUT2D eigenvalue weighted by Gasteiger charge is 2.35. The van der Waals surface area contributed by atoms with E-state index < -0.39 is 0 Å². The monoisotopic (exact) mass is 491 g/mol. The molecule has 2 aromatic carbocycles. The summed E-state index contributed by atoms with van der Waals surface area (Å²) in [6.45, 7) is 4.58. The topological polar surface area (TPSA) is 53.1 Å². The molecule has 1 aromatic heterocycles. The fraction of sp³-hybridized carbons (Fsp3) is 0.370. The lowest BCUT2D eigenvalue weighted by atomic mass is 9.79. The summed E-state index contributed by atoms with van der Waals surface area (Å²) >= 11 is 11.8. The molecular weight excluding hydrogens is 462 g/mol. The molecule has 0 unspecified atom stereocenters. The van der Waals surface area contributed by atoms with Crippen LogP contribution in [0, 0.1) is 6.92 Å². The van der Waals surface area contributed by atoms with Crippen molar-refractivity contribution in [2.24, 2.45) is 0 Å². The predicted molar refractivity (Wildman–Crippen MR) is 144 cm³/mol. The van der Waals surface area contributed by atoms with Gasteiger partial charge in [0.25, 0.3) is 0 Å². The average molecular weight is 492 g/mol. The molecule has 5 rings (SSSR count). The van der Waals surface area contributed by atoms with Crippen molar-refractivity contribution in [3.05, 3.63) is 82.0 Å². The van der Waals surface area contributed by atoms with Crippen LogP contribution in [0.4, 0.5) is 11.8 Å². The average Bonchev–Trinajstić information content (AvgIpc) is 3.33. The van der Waals surface area contributed by atoms with Gasteiger partial charge in [-0.1, -0.05) is 60.8 Å². The van der Waals surface area contributed by atoms with Crippen molar-refractivity contribution < 1.29 is 0 Å². The summed E-state index contributed by atoms with van der Waals surface area (Å²) in [6, 6.07) is 18.9. The van der Waals surface area contributed by atoms with Gasteiger partial charge in [-0.2, -0.15) is 4.98 Å². The van der Waals surface area contributed by atoms with Gasteiger partial charge in [0.1, 0.15) is 5.82 Å². The first-order chi connectivity index (χ1) is 16.5. The fourth-order valence-corrected chi connectivity index (χ4v) is 5.57. The van der Waals surface area contributed by atoms with Crippen LogP contribution in [0.5, 0.6) is 0 Å². The molecule has 0 amide bonds. The number of aryl methyl sites for hydroxylation is 1. The number of anilines is 2. The molecule has 0 atom stereocenters. The van der Waals surface area contributed by atoms with E-state index in [-0.39, 0.29) is 5.41 Å². The summed E-state index contributed by atoms with van der Waals surface area (Å²) in [5.41, 5.74) is 5.11. The SMILES string of the molecule is Cc1cc(N2CCc3ccccc3C2)nc(NC(=S)NCC2(c3ccc(Cl)cc3)CCCC2)n1. The molecule has 5 nitrogen and oxygen atoms in total. The smallest absolute Gasteiger partial charge is 0.231 e. The van der Waals surface area contributed by atoms with E-state index in [9.17, 15) is 0 Å². The third-order valence-corrected chi connectivity index (χ3v) is 7.62. The number of nitrogens with one attached hydrogen (secondary N) is 2. The molecule has 0 radical (unpaired) electrons. The minimum absolute atomic E-state index is 0.0795. The molecule has 2 N–H and O–H groups in total. The third-order valence-electron chi connectivity index (χ3n) is 7.13. The summed E-state index contributed by atoms with van der Waals surface area (Å²) in [5.74, 6) is 1.47. The molecule has 1 aliphatic heterocycles. The first-order valence-electron chi connectivity index (χ1n) is 12.0. The molecule has 2 heterocycles. The lowest BCUT2D eigenvalue weighted by molar-refractivity contribution is 0.435. The van der Waals surface area contributed by atoms with E-state index in [1.54, 1.807) is 0 Å². The van der Waals surface area contributed by atoms with Crippen molar-refractivity contribution in [3.8, 4) is 0 Å². The largest absolute Gasteiger partial charge is 0.361 e. The fourth-order valence-electron chi connectivity index (χ4n) is 5.28. The summed E-state index contributed by atoms with van der Waals surface area (Å²) in [5, 5.41) is 8.01. The Balaban J connectivity index is 1.26. The number of hydrogen-bond acceptors (Lipinski definition) is 4. The highest BCUT2D eigenvalue weighted by molar-refractivity contribution is 7.80. The molecule has 0 spiro atoms. The maximum absolute atomic E-state index is 6.12. The summed E-state index contributed by atoms with van der Waals surface area (Å²) in [7, 11) is 0. The highest BCUT2D eigenvalue weighted by atomic mass is 35.5. The first kappa shape index (κ1) is 23.1. The quantitative estimate of drug-likeness (QED) is 0.440. The molecule has 1 aliphatic carbocycles. The minimum atomic E-state index is 0.0795. The lowest BCUT2D eigenvalue weighted by Crippen LogP contribution is -2.41. The van der Waals surface area contributed by atoms with Crippen LogP contribution in [0.15, 0.2) is 54.6 Å². The number of aromatic nitrogens is 2. The van der Waals surface area contributed by atoms with Gasteiger partial charge in [-0.05, 0) is 67.2 Å². The van der Waals surface area contributed by atoms with Crippen LogP contribution >= 0.6 is 23.8 Å². The third kappa shape index (κ3) is 5.03. The lowest BCUT2D eigenvalue weighted by Gasteiger charge is -2.31. The Bertz CT molecular complexity index is 1170. The number of nitrogens with zero attached hydrogens (tertiary/aromatic N) is 3. The number of fused-ring (bicyclic) bond motifs is 1. The van der Waals surface area contributed by atoms with Gasteiger partial charge in [-0.15, -0.1) is 0 Å². The van der Waals surface area contributed by atoms with Crippen LogP contribution in [0.1, 0.15) is 48.1 Å². The Morgan fingerprint density at radius 2 is 1.79 bits per heavy atom. The maximum Gasteiger partial charge on any atom is 0.231 e. The number of benzene rings is 2. The van der Waals surface area contributed by atoms with Gasteiger partial charge < -0.3 is 15.5 Å². The zero-order valence-corrected chi connectivity index (χ0v) is 21.1. The Hall–Kier alpha value is -2.70. The molecule has 0 saturated heterocycles. The molecule has 3 aromatic rings. The molecule has 1 saturated carbocycles. The van der Waals surface area contributed by atoms with Crippen LogP contribution in [-0.4, -0.2) is 28.2 Å². The van der Waals surface area contributed by atoms with Crippen LogP contribution in [-0.2, 0) is 18.4 Å². The highest BCUT2D eigenvalue weighted by Crippen LogP contribution is 2.41. The predicted octanol–water partition coefficient (Wildman–Crippen LogP) is 5.80. The van der Waals surface area contributed by atoms with Crippen molar-refractivity contribution in [1.82, 2.24) is 15.3 Å². The Morgan fingerprint density at radius 3 is 2.56 bits per heavy atom. The van der Waals surface area contributed by atoms with Gasteiger partial charge in [0.15, 0.2) is 5.11 Å². The van der Waals surface area contributed by atoms with Crippen molar-refractivity contribution in [2.75, 3.05) is 23.3 Å². The summed E-state index contributed by atoms with van der Waals surface area (Å²) < 4.78 is 0. The van der Waals surface area contributed by atoms with E-state index in [4.69, 9.17) is 28.8 Å². The number of halogens is 1. The summed E-state index contributed by atoms with van der Waals surface area (Å²) in [6.07, 6.45) is 5.77. The van der Waals surface area contributed by atoms with Gasteiger partial charge in [0, 0.05) is 41.8 Å². The van der Waals surface area contributed by atoms with Gasteiger partial charge >= 0.3 is 0 Å². The van der Waals surface area contributed by atoms with Gasteiger partial charge in [-0.25, -0.2) is 4.98 Å². The number of hydrogen-bond donors (Lipinski definition) is 2. The molecule has 0 bridgehead atoms. The number of rotatable bonds is 5. The molecule has 176 valence electrons. The van der Waals surface area contributed by atoms with Crippen molar-refractivity contribution >= 4 is 40.7 Å². The van der Waals surface area contributed by atoms with Crippen molar-refractivity contribution in [3.63, 3.8) is 0 Å². The van der Waals surface area contributed by atoms with Crippen LogP contribution in [0.3, 0.4) is 0 Å². The van der Waals surface area contributed by atoms with E-state index in [0.29, 0.717) is 11.1 Å². The van der Waals surface area contributed by atoms with E-state index >= 15 is 0 Å². The molecule has 7 heteroatoms. The van der Waals surface area contributed by atoms with Crippen molar-refractivity contribution in [1.29, 1.82) is 0 Å². The molecular formula is C27H30ClN5S. The zero-order chi connectivity index (χ0) is 23.5. The van der Waals surface area contributed by atoms with Crippen LogP contribution < -0.4 is 15.5 Å². The molecule has 34 heavy (non-hydrogen) atoms. The molecule has 2 aliphatic rings. The van der Waals surface area contributed by atoms with E-state index in [2.05, 4.69) is 56.9 Å². The Morgan fingerprint density at radius 1 is 1.06 bits per heavy atom. The van der Waals surface area contributed by atoms with E-state index in [0.717, 1.165) is 55.4 Å². The number of thiocarbonyl (C=S) groups is 1. The van der Waals surface area contributed by atoms with Gasteiger partial charge in [0.2, 0.25) is 5.95 Å². The Kier molecular flexibility index (Phi) is 6.70. The van der Waals surface area contributed by atoms with Crippen molar-refractivity contribution in [2.45, 2.75) is 51.0 Å². The normalized spacial score (nSPS) is 16.7. The van der Waals surface area contributed by atoms with E-state index in [1.165, 1.54) is 29.5 Å². The first-order valence-corrected chi connectivity index (χ1v) is 12.8. The van der Waals surface area contributed by atoms with Gasteiger partial charge in [-0.3, -0.25) is 0 Å². The second kappa shape index (κ2) is 9.88. The Labute approximate surface area is 212 Å². The second-order valence-corrected chi connectivity index (χ2v) is 10.3. The minimum Gasteiger partial charge on any atom is -0.361 e. The van der Waals surface area contributed by atoms with Crippen LogP contribution in [0.2, 0.25) is 5.02 Å². The molecule has 1 fully saturated rings. The summed E-state index contributed by atoms with van der Waals surface area (Å²) in [4.78, 5) is 11.7. The second-order valence-electron chi connectivity index (χ2n) is 9.43. The van der Waals surface area contributed by atoms with Gasteiger partial charge in [0.05, 0.1) is 0 Å². The van der Waals surface area contributed by atoms with E-state index in [1.807, 2.05) is 25.1 Å².